The molecular formula is C16H15FO3S. The van der Waals surface area contributed by atoms with E-state index in [2.05, 4.69) is 0 Å². The molecule has 0 saturated carbocycles. The van der Waals surface area contributed by atoms with Crippen LogP contribution in [0.15, 0.2) is 41.3 Å². The number of halogens is 1. The maximum absolute atomic E-state index is 13.3. The first-order valence-corrected chi connectivity index (χ1v) is 7.29. The molecular weight excluding hydrogens is 291 g/mol. The molecule has 0 aliphatic rings. The van der Waals surface area contributed by atoms with E-state index in [0.29, 0.717) is 16.2 Å². The number of rotatable bonds is 5. The first-order chi connectivity index (χ1) is 10.0. The predicted octanol–water partition coefficient (Wildman–Crippen LogP) is 4.13. The van der Waals surface area contributed by atoms with Crippen molar-refractivity contribution in [3.8, 4) is 5.75 Å². The average Bonchev–Trinajstić information content (AvgIpc) is 2.46. The molecule has 0 saturated heterocycles. The Morgan fingerprint density at radius 3 is 2.52 bits per heavy atom. The number of carboxylic acids is 1. The van der Waals surface area contributed by atoms with Crippen LogP contribution in [0.1, 0.15) is 21.5 Å². The van der Waals surface area contributed by atoms with Gasteiger partial charge in [-0.15, -0.1) is 11.8 Å². The van der Waals surface area contributed by atoms with Crippen LogP contribution in [0.25, 0.3) is 0 Å². The Morgan fingerprint density at radius 2 is 1.95 bits per heavy atom. The maximum Gasteiger partial charge on any atom is 0.336 e. The van der Waals surface area contributed by atoms with E-state index in [0.717, 1.165) is 17.4 Å². The molecule has 0 atom stereocenters. The van der Waals surface area contributed by atoms with Gasteiger partial charge in [0.25, 0.3) is 0 Å². The molecule has 3 nitrogen and oxygen atoms in total. The lowest BCUT2D eigenvalue weighted by Crippen LogP contribution is -2.02. The molecule has 110 valence electrons. The van der Waals surface area contributed by atoms with Gasteiger partial charge in [0.15, 0.2) is 0 Å². The highest BCUT2D eigenvalue weighted by atomic mass is 32.2. The van der Waals surface area contributed by atoms with Crippen LogP contribution in [0.3, 0.4) is 0 Å². The van der Waals surface area contributed by atoms with E-state index in [4.69, 9.17) is 4.74 Å². The van der Waals surface area contributed by atoms with Crippen molar-refractivity contribution in [1.82, 2.24) is 0 Å². The molecule has 0 aliphatic heterocycles. The van der Waals surface area contributed by atoms with Crippen molar-refractivity contribution in [1.29, 1.82) is 0 Å². The third kappa shape index (κ3) is 3.76. The van der Waals surface area contributed by atoms with Gasteiger partial charge in [-0.1, -0.05) is 12.1 Å². The van der Waals surface area contributed by atoms with E-state index in [1.54, 1.807) is 14.0 Å². The summed E-state index contributed by atoms with van der Waals surface area (Å²) in [5.41, 5.74) is 1.68. The molecule has 0 bridgehead atoms. The van der Waals surface area contributed by atoms with Gasteiger partial charge in [0.05, 0.1) is 12.7 Å². The summed E-state index contributed by atoms with van der Waals surface area (Å²) in [6.45, 7) is 1.71. The van der Waals surface area contributed by atoms with Crippen LogP contribution >= 0.6 is 11.8 Å². The second kappa shape index (κ2) is 6.63. The third-order valence-electron chi connectivity index (χ3n) is 3.01. The molecule has 2 aromatic rings. The monoisotopic (exact) mass is 306 g/mol. The fraction of sp³-hybridized carbons (Fsp3) is 0.188. The summed E-state index contributed by atoms with van der Waals surface area (Å²) in [5, 5.41) is 9.18. The van der Waals surface area contributed by atoms with Crippen LogP contribution in [0.4, 0.5) is 4.39 Å². The van der Waals surface area contributed by atoms with Crippen LogP contribution in [0.2, 0.25) is 0 Å². The smallest absolute Gasteiger partial charge is 0.336 e. The third-order valence-corrected chi connectivity index (χ3v) is 4.32. The fourth-order valence-electron chi connectivity index (χ4n) is 1.96. The standard InChI is InChI=1S/C16H15FO3S/c1-10-7-12(17)8-14(16(18)19)15(10)21-9-11-3-5-13(20-2)6-4-11/h3-8H,9H2,1-2H3,(H,18,19). The largest absolute Gasteiger partial charge is 0.497 e. The number of hydrogen-bond donors (Lipinski definition) is 1. The summed E-state index contributed by atoms with van der Waals surface area (Å²) in [6, 6.07) is 9.96. The second-order valence-electron chi connectivity index (χ2n) is 4.54. The van der Waals surface area contributed by atoms with Crippen molar-refractivity contribution < 1.29 is 19.0 Å². The first kappa shape index (κ1) is 15.4. The van der Waals surface area contributed by atoms with Gasteiger partial charge in [-0.3, -0.25) is 0 Å². The fourth-order valence-corrected chi connectivity index (χ4v) is 3.05. The number of ether oxygens (including phenoxy) is 1. The molecule has 21 heavy (non-hydrogen) atoms. The molecule has 0 amide bonds. The minimum Gasteiger partial charge on any atom is -0.497 e. The lowest BCUT2D eigenvalue weighted by molar-refractivity contribution is 0.0692. The van der Waals surface area contributed by atoms with Crippen molar-refractivity contribution in [3.05, 3.63) is 58.9 Å². The molecule has 0 aromatic heterocycles. The number of thioether (sulfide) groups is 1. The van der Waals surface area contributed by atoms with Gasteiger partial charge in [0, 0.05) is 10.6 Å². The van der Waals surface area contributed by atoms with Crippen LogP contribution < -0.4 is 4.74 Å². The lowest BCUT2D eigenvalue weighted by atomic mass is 10.1. The van der Waals surface area contributed by atoms with Crippen molar-refractivity contribution in [3.63, 3.8) is 0 Å². The minimum atomic E-state index is -1.12. The quantitative estimate of drug-likeness (QED) is 0.844. The molecule has 0 heterocycles. The summed E-state index contributed by atoms with van der Waals surface area (Å²) in [4.78, 5) is 11.8. The van der Waals surface area contributed by atoms with Crippen molar-refractivity contribution >= 4 is 17.7 Å². The van der Waals surface area contributed by atoms with Crippen molar-refractivity contribution in [2.24, 2.45) is 0 Å². The zero-order chi connectivity index (χ0) is 15.4. The van der Waals surface area contributed by atoms with E-state index < -0.39 is 11.8 Å². The molecule has 0 spiro atoms. The molecule has 5 heteroatoms. The normalized spacial score (nSPS) is 10.4. The van der Waals surface area contributed by atoms with E-state index >= 15 is 0 Å². The molecule has 2 aromatic carbocycles. The van der Waals surface area contributed by atoms with Gasteiger partial charge in [0.1, 0.15) is 11.6 Å². The minimum absolute atomic E-state index is 0.00557. The van der Waals surface area contributed by atoms with Crippen molar-refractivity contribution in [2.45, 2.75) is 17.6 Å². The Morgan fingerprint density at radius 1 is 1.29 bits per heavy atom. The average molecular weight is 306 g/mol. The number of aryl methyl sites for hydroxylation is 1. The van der Waals surface area contributed by atoms with E-state index in [-0.39, 0.29) is 5.56 Å². The van der Waals surface area contributed by atoms with Crippen LogP contribution in [0, 0.1) is 12.7 Å². The highest BCUT2D eigenvalue weighted by Gasteiger charge is 2.15. The SMILES string of the molecule is COc1ccc(CSc2c(C)cc(F)cc2C(=O)O)cc1. The second-order valence-corrected chi connectivity index (χ2v) is 5.53. The summed E-state index contributed by atoms with van der Waals surface area (Å²) in [7, 11) is 1.60. The Hall–Kier alpha value is -2.01. The number of benzene rings is 2. The van der Waals surface area contributed by atoms with Crippen LogP contribution in [-0.2, 0) is 5.75 Å². The van der Waals surface area contributed by atoms with Gasteiger partial charge in [-0.2, -0.15) is 0 Å². The van der Waals surface area contributed by atoms with E-state index in [9.17, 15) is 14.3 Å². The molecule has 1 N–H and O–H groups in total. The molecule has 0 aliphatic carbocycles. The molecule has 0 radical (unpaired) electrons. The maximum atomic E-state index is 13.3. The summed E-state index contributed by atoms with van der Waals surface area (Å²) >= 11 is 1.39. The molecule has 0 unspecified atom stereocenters. The first-order valence-electron chi connectivity index (χ1n) is 6.30. The van der Waals surface area contributed by atoms with Crippen LogP contribution in [0.5, 0.6) is 5.75 Å². The van der Waals surface area contributed by atoms with Gasteiger partial charge in [-0.25, -0.2) is 9.18 Å². The van der Waals surface area contributed by atoms with Gasteiger partial charge in [0.2, 0.25) is 0 Å². The Kier molecular flexibility index (Phi) is 4.85. The lowest BCUT2D eigenvalue weighted by Gasteiger charge is -2.10. The van der Waals surface area contributed by atoms with E-state index in [1.807, 2.05) is 24.3 Å². The number of aromatic carboxylic acids is 1. The van der Waals surface area contributed by atoms with Crippen LogP contribution in [-0.4, -0.2) is 18.2 Å². The zero-order valence-corrected chi connectivity index (χ0v) is 12.5. The molecule has 0 fully saturated rings. The number of methoxy groups -OCH3 is 1. The highest BCUT2D eigenvalue weighted by Crippen LogP contribution is 2.31. The predicted molar refractivity (Wildman–Crippen MR) is 80.7 cm³/mol. The van der Waals surface area contributed by atoms with Gasteiger partial charge in [-0.05, 0) is 42.3 Å². The summed E-state index contributed by atoms with van der Waals surface area (Å²) < 4.78 is 18.4. The molecule has 2 rings (SSSR count). The summed E-state index contributed by atoms with van der Waals surface area (Å²) in [6.07, 6.45) is 0. The van der Waals surface area contributed by atoms with Gasteiger partial charge < -0.3 is 9.84 Å². The summed E-state index contributed by atoms with van der Waals surface area (Å²) in [5.74, 6) is -0.266. The Labute approximate surface area is 126 Å². The topological polar surface area (TPSA) is 46.5 Å². The van der Waals surface area contributed by atoms with Crippen molar-refractivity contribution in [2.75, 3.05) is 7.11 Å². The van der Waals surface area contributed by atoms with E-state index in [1.165, 1.54) is 17.8 Å². The zero-order valence-electron chi connectivity index (χ0n) is 11.7. The number of hydrogen-bond acceptors (Lipinski definition) is 3. The number of carbonyl (C=O) groups is 1. The Balaban J connectivity index is 2.20. The Bertz CT molecular complexity index is 653. The van der Waals surface area contributed by atoms with Gasteiger partial charge >= 0.3 is 5.97 Å². The highest BCUT2D eigenvalue weighted by molar-refractivity contribution is 7.98. The number of carboxylic acid groups (broad SMARTS) is 1.